The lowest BCUT2D eigenvalue weighted by molar-refractivity contribution is -0.147. The van der Waals surface area contributed by atoms with Crippen molar-refractivity contribution < 1.29 is 14.7 Å². The number of urea groups is 1. The van der Waals surface area contributed by atoms with Crippen molar-refractivity contribution in [3.8, 4) is 0 Å². The molecule has 0 bridgehead atoms. The number of carboxylic acids is 1. The van der Waals surface area contributed by atoms with Gasteiger partial charge in [0.2, 0.25) is 5.95 Å². The molecule has 8 nitrogen and oxygen atoms in total. The van der Waals surface area contributed by atoms with Crippen molar-refractivity contribution >= 4 is 17.9 Å². The molecule has 1 aromatic heterocycles. The number of carbonyl (C=O) groups is 2. The van der Waals surface area contributed by atoms with Crippen molar-refractivity contribution in [3.63, 3.8) is 0 Å². The summed E-state index contributed by atoms with van der Waals surface area (Å²) in [4.78, 5) is 28.2. The summed E-state index contributed by atoms with van der Waals surface area (Å²) < 4.78 is 1.39. The molecule has 0 unspecified atom stereocenters. The van der Waals surface area contributed by atoms with E-state index in [-0.39, 0.29) is 12.5 Å². The Hall–Kier alpha value is -2.12. The van der Waals surface area contributed by atoms with Crippen LogP contribution in [0.25, 0.3) is 0 Å². The molecule has 0 saturated carbocycles. The largest absolute Gasteiger partial charge is 0.480 e. The van der Waals surface area contributed by atoms with Crippen molar-refractivity contribution in [2.45, 2.75) is 26.3 Å². The molecule has 1 rings (SSSR count). The van der Waals surface area contributed by atoms with Crippen molar-refractivity contribution in [1.82, 2.24) is 19.7 Å². The van der Waals surface area contributed by atoms with Gasteiger partial charge in [-0.2, -0.15) is 10.1 Å². The second-order valence-corrected chi connectivity index (χ2v) is 4.25. The number of anilines is 1. The molecule has 0 aliphatic rings. The van der Waals surface area contributed by atoms with Gasteiger partial charge in [-0.05, 0) is 20.8 Å². The monoisotopic (exact) mass is 255 g/mol. The third-order valence-electron chi connectivity index (χ3n) is 2.69. The molecule has 1 aromatic rings. The fourth-order valence-electron chi connectivity index (χ4n) is 1.48. The van der Waals surface area contributed by atoms with E-state index in [9.17, 15) is 9.59 Å². The van der Waals surface area contributed by atoms with E-state index < -0.39 is 17.5 Å². The highest BCUT2D eigenvalue weighted by Gasteiger charge is 2.37. The maximum absolute atomic E-state index is 12.0. The van der Waals surface area contributed by atoms with Gasteiger partial charge < -0.3 is 10.0 Å². The Bertz CT molecular complexity index is 454. The summed E-state index contributed by atoms with van der Waals surface area (Å²) in [5.74, 6) is -0.808. The van der Waals surface area contributed by atoms with E-state index in [0.717, 1.165) is 0 Å². The van der Waals surface area contributed by atoms with Gasteiger partial charge in [0.05, 0.1) is 0 Å². The van der Waals surface area contributed by atoms with Crippen LogP contribution >= 0.6 is 0 Å². The van der Waals surface area contributed by atoms with Gasteiger partial charge in [-0.25, -0.2) is 14.3 Å². The number of hydrogen-bond acceptors (Lipinski definition) is 4. The SMILES string of the molecule is CCN(C(=O)Nc1ncnn1C)C(C)(C)C(=O)O. The molecule has 0 aliphatic carbocycles. The third kappa shape index (κ3) is 2.58. The van der Waals surface area contributed by atoms with E-state index in [2.05, 4.69) is 15.4 Å². The Labute approximate surface area is 105 Å². The van der Waals surface area contributed by atoms with Gasteiger partial charge in [0.25, 0.3) is 0 Å². The lowest BCUT2D eigenvalue weighted by Gasteiger charge is -2.33. The lowest BCUT2D eigenvalue weighted by Crippen LogP contribution is -2.54. The van der Waals surface area contributed by atoms with E-state index in [0.29, 0.717) is 0 Å². The zero-order valence-corrected chi connectivity index (χ0v) is 10.8. The zero-order chi connectivity index (χ0) is 13.9. The topological polar surface area (TPSA) is 100 Å². The summed E-state index contributed by atoms with van der Waals surface area (Å²) in [6.07, 6.45) is 1.30. The van der Waals surface area contributed by atoms with Crippen LogP contribution in [0.2, 0.25) is 0 Å². The number of carbonyl (C=O) groups excluding carboxylic acids is 1. The fraction of sp³-hybridized carbons (Fsp3) is 0.600. The Kier molecular flexibility index (Phi) is 3.89. The van der Waals surface area contributed by atoms with Crippen LogP contribution in [0.15, 0.2) is 6.33 Å². The minimum Gasteiger partial charge on any atom is -0.480 e. The Morgan fingerprint density at radius 1 is 1.56 bits per heavy atom. The summed E-state index contributed by atoms with van der Waals surface area (Å²) >= 11 is 0. The predicted octanol–water partition coefficient (Wildman–Crippen LogP) is 0.532. The second-order valence-electron chi connectivity index (χ2n) is 4.25. The van der Waals surface area contributed by atoms with Gasteiger partial charge in [-0.1, -0.05) is 0 Å². The lowest BCUT2D eigenvalue weighted by atomic mass is 10.0. The summed E-state index contributed by atoms with van der Waals surface area (Å²) in [7, 11) is 1.63. The third-order valence-corrected chi connectivity index (χ3v) is 2.69. The van der Waals surface area contributed by atoms with Crippen molar-refractivity contribution in [3.05, 3.63) is 6.33 Å². The standard InChI is InChI=1S/C10H17N5O3/c1-5-15(10(2,3)7(16)17)9(18)13-8-11-6-12-14(8)4/h6H,5H2,1-4H3,(H,16,17)(H,11,12,13,18). The summed E-state index contributed by atoms with van der Waals surface area (Å²) in [6, 6.07) is -0.527. The van der Waals surface area contributed by atoms with Crippen LogP contribution in [0.5, 0.6) is 0 Å². The van der Waals surface area contributed by atoms with Gasteiger partial charge >= 0.3 is 12.0 Å². The molecule has 1 heterocycles. The Morgan fingerprint density at radius 2 is 2.17 bits per heavy atom. The number of amides is 2. The number of likely N-dealkylation sites (N-methyl/N-ethyl adjacent to an activating group) is 1. The first-order valence-corrected chi connectivity index (χ1v) is 5.46. The normalized spacial score (nSPS) is 11.1. The highest BCUT2D eigenvalue weighted by Crippen LogP contribution is 2.16. The number of nitrogens with zero attached hydrogens (tertiary/aromatic N) is 4. The minimum atomic E-state index is -1.29. The van der Waals surface area contributed by atoms with Crippen molar-refractivity contribution in [2.24, 2.45) is 7.05 Å². The van der Waals surface area contributed by atoms with Crippen LogP contribution in [0.4, 0.5) is 10.7 Å². The first kappa shape index (κ1) is 13.9. The molecular weight excluding hydrogens is 238 g/mol. The maximum atomic E-state index is 12.0. The first-order valence-electron chi connectivity index (χ1n) is 5.46. The van der Waals surface area contributed by atoms with E-state index in [1.54, 1.807) is 14.0 Å². The summed E-state index contributed by atoms with van der Waals surface area (Å²) in [5.41, 5.74) is -1.29. The molecule has 0 atom stereocenters. The highest BCUT2D eigenvalue weighted by molar-refractivity contribution is 5.92. The van der Waals surface area contributed by atoms with Crippen LogP contribution < -0.4 is 5.32 Å². The minimum absolute atomic E-state index is 0.264. The number of nitrogens with one attached hydrogen (secondary N) is 1. The number of aryl methyl sites for hydroxylation is 1. The molecule has 0 spiro atoms. The van der Waals surface area contributed by atoms with Crippen LogP contribution in [0.3, 0.4) is 0 Å². The predicted molar refractivity (Wildman–Crippen MR) is 64.1 cm³/mol. The smallest absolute Gasteiger partial charge is 0.329 e. The number of carboxylic acid groups (broad SMARTS) is 1. The van der Waals surface area contributed by atoms with Gasteiger partial charge in [0, 0.05) is 13.6 Å². The van der Waals surface area contributed by atoms with Gasteiger partial charge in [0.15, 0.2) is 0 Å². The van der Waals surface area contributed by atoms with Crippen molar-refractivity contribution in [2.75, 3.05) is 11.9 Å². The molecule has 2 N–H and O–H groups in total. The molecular formula is C10H17N5O3. The average molecular weight is 255 g/mol. The van der Waals surface area contributed by atoms with E-state index in [4.69, 9.17) is 5.11 Å². The molecule has 0 radical (unpaired) electrons. The summed E-state index contributed by atoms with van der Waals surface area (Å²) in [5, 5.41) is 15.4. The zero-order valence-electron chi connectivity index (χ0n) is 10.8. The number of aromatic nitrogens is 3. The van der Waals surface area contributed by atoms with E-state index >= 15 is 0 Å². The molecule has 0 aliphatic heterocycles. The second kappa shape index (κ2) is 5.03. The number of hydrogen-bond donors (Lipinski definition) is 2. The van der Waals surface area contributed by atoms with Gasteiger partial charge in [-0.3, -0.25) is 5.32 Å². The summed E-state index contributed by atoms with van der Waals surface area (Å²) in [6.45, 7) is 4.91. The van der Waals surface area contributed by atoms with Crippen molar-refractivity contribution in [1.29, 1.82) is 0 Å². The quantitative estimate of drug-likeness (QED) is 0.817. The molecule has 8 heteroatoms. The van der Waals surface area contributed by atoms with Gasteiger partial charge in [0.1, 0.15) is 11.9 Å². The number of rotatable bonds is 4. The highest BCUT2D eigenvalue weighted by atomic mass is 16.4. The average Bonchev–Trinajstić information content (AvgIpc) is 2.64. The molecule has 0 saturated heterocycles. The van der Waals surface area contributed by atoms with Gasteiger partial charge in [-0.15, -0.1) is 0 Å². The fourth-order valence-corrected chi connectivity index (χ4v) is 1.48. The maximum Gasteiger partial charge on any atom is 0.329 e. The molecule has 0 fully saturated rings. The Balaban J connectivity index is 2.87. The van der Waals surface area contributed by atoms with Crippen LogP contribution in [0, 0.1) is 0 Å². The molecule has 2 amide bonds. The Morgan fingerprint density at radius 3 is 2.56 bits per heavy atom. The first-order chi connectivity index (χ1) is 8.30. The van der Waals surface area contributed by atoms with Crippen LogP contribution in [-0.2, 0) is 11.8 Å². The van der Waals surface area contributed by atoms with E-state index in [1.807, 2.05) is 0 Å². The van der Waals surface area contributed by atoms with Crippen LogP contribution in [0.1, 0.15) is 20.8 Å². The molecule has 18 heavy (non-hydrogen) atoms. The van der Waals surface area contributed by atoms with E-state index in [1.165, 1.54) is 29.8 Å². The molecule has 0 aromatic carbocycles. The number of aliphatic carboxylic acids is 1. The van der Waals surface area contributed by atoms with Crippen LogP contribution in [-0.4, -0.2) is 48.9 Å². The molecule has 100 valence electrons.